The molecule has 0 aliphatic heterocycles. The van der Waals surface area contributed by atoms with E-state index >= 15 is 0 Å². The van der Waals surface area contributed by atoms with E-state index < -0.39 is 26.5 Å². The fourth-order valence-electron chi connectivity index (χ4n) is 1.42. The van der Waals surface area contributed by atoms with Crippen LogP contribution in [0.25, 0.3) is 0 Å². The Morgan fingerprint density at radius 3 is 1.93 bits per heavy atom. The molecule has 0 amide bonds. The first kappa shape index (κ1) is 14.7. The van der Waals surface area contributed by atoms with E-state index in [1.165, 1.54) is 0 Å². The van der Waals surface area contributed by atoms with Crippen LogP contribution in [0.2, 0.25) is 34.5 Å². The average molecular weight is 321 g/mol. The third-order valence-electron chi connectivity index (χ3n) is 2.09. The second kappa shape index (κ2) is 5.17. The molecule has 0 bridgehead atoms. The summed E-state index contributed by atoms with van der Waals surface area (Å²) in [4.78, 5) is 7.30. The van der Waals surface area contributed by atoms with Crippen LogP contribution in [0.4, 0.5) is 0 Å². The van der Waals surface area contributed by atoms with Gasteiger partial charge in [0, 0.05) is 0 Å². The van der Waals surface area contributed by atoms with Crippen molar-refractivity contribution in [3.63, 3.8) is 0 Å². The van der Waals surface area contributed by atoms with E-state index in [1.807, 2.05) is 6.92 Å². The zero-order valence-corrected chi connectivity index (χ0v) is 14.7. The van der Waals surface area contributed by atoms with E-state index in [2.05, 4.69) is 40.2 Å². The molecule has 0 aromatic carbocycles. The topological polar surface area (TPSA) is 20.2 Å². The maximum atomic E-state index is 9.49. The fourth-order valence-corrected chi connectivity index (χ4v) is 13.0. The first-order valence-corrected chi connectivity index (χ1v) is 19.0. The Bertz CT molecular complexity index is 208. The predicted octanol–water partition coefficient (Wildman–Crippen LogP) is 3.44. The van der Waals surface area contributed by atoms with Crippen molar-refractivity contribution in [2.24, 2.45) is 0 Å². The summed E-state index contributed by atoms with van der Waals surface area (Å²) >= 11 is -1.95. The molecule has 0 saturated heterocycles. The van der Waals surface area contributed by atoms with Crippen molar-refractivity contribution in [2.75, 3.05) is 0 Å². The SMILES string of the molecule is CC(O)C/[C](=C/[Si](C)(C)C)[Sn]([CH3])([CH3])[CH3]. The molecule has 0 aliphatic carbocycles. The summed E-state index contributed by atoms with van der Waals surface area (Å²) in [5.74, 6) is 0. The van der Waals surface area contributed by atoms with E-state index in [0.717, 1.165) is 6.42 Å². The molecule has 1 nitrogen and oxygen atoms in total. The van der Waals surface area contributed by atoms with Crippen molar-refractivity contribution >= 4 is 26.5 Å². The Kier molecular flexibility index (Phi) is 5.43. The third-order valence-corrected chi connectivity index (χ3v) is 10.6. The molecule has 0 radical (unpaired) electrons. The first-order valence-electron chi connectivity index (χ1n) is 5.42. The Labute approximate surface area is 94.5 Å². The Hall–Kier alpha value is 0.716. The van der Waals surface area contributed by atoms with Gasteiger partial charge < -0.3 is 0 Å². The van der Waals surface area contributed by atoms with Gasteiger partial charge in [0.2, 0.25) is 0 Å². The van der Waals surface area contributed by atoms with Gasteiger partial charge >= 0.3 is 94.8 Å². The van der Waals surface area contributed by atoms with Gasteiger partial charge in [-0.1, -0.05) is 0 Å². The molecule has 1 unspecified atom stereocenters. The van der Waals surface area contributed by atoms with Gasteiger partial charge in [0.1, 0.15) is 0 Å². The molecule has 1 atom stereocenters. The Morgan fingerprint density at radius 2 is 1.71 bits per heavy atom. The van der Waals surface area contributed by atoms with Gasteiger partial charge in [0.05, 0.1) is 0 Å². The molecule has 1 N–H and O–H groups in total. The normalized spacial score (nSPS) is 17.0. The van der Waals surface area contributed by atoms with E-state index in [0.29, 0.717) is 0 Å². The average Bonchev–Trinajstić information content (AvgIpc) is 1.78. The maximum absolute atomic E-state index is 9.49. The van der Waals surface area contributed by atoms with Crippen LogP contribution in [0.3, 0.4) is 0 Å². The quantitative estimate of drug-likeness (QED) is 0.787. The molecule has 0 fully saturated rings. The van der Waals surface area contributed by atoms with Crippen LogP contribution in [-0.2, 0) is 0 Å². The van der Waals surface area contributed by atoms with Crippen molar-refractivity contribution in [3.05, 3.63) is 9.29 Å². The van der Waals surface area contributed by atoms with E-state index in [4.69, 9.17) is 0 Å². The van der Waals surface area contributed by atoms with Crippen LogP contribution in [0, 0.1) is 0 Å². The van der Waals surface area contributed by atoms with Crippen LogP contribution < -0.4 is 0 Å². The van der Waals surface area contributed by atoms with Crippen molar-refractivity contribution < 1.29 is 5.11 Å². The minimum absolute atomic E-state index is 0.173. The van der Waals surface area contributed by atoms with E-state index in [-0.39, 0.29) is 6.10 Å². The number of rotatable bonds is 4. The molecule has 0 aliphatic rings. The number of aliphatic hydroxyl groups is 1. The summed E-state index contributed by atoms with van der Waals surface area (Å²) in [5.41, 5.74) is 2.52. The van der Waals surface area contributed by atoms with Crippen LogP contribution in [0.15, 0.2) is 9.29 Å². The molecule has 0 aromatic heterocycles. The van der Waals surface area contributed by atoms with Gasteiger partial charge in [-0.15, -0.1) is 0 Å². The van der Waals surface area contributed by atoms with Gasteiger partial charge in [-0.25, -0.2) is 0 Å². The monoisotopic (exact) mass is 322 g/mol. The van der Waals surface area contributed by atoms with Crippen LogP contribution >= 0.6 is 0 Å². The molecule has 14 heavy (non-hydrogen) atoms. The molecule has 0 spiro atoms. The second-order valence-corrected chi connectivity index (χ2v) is 26.0. The van der Waals surface area contributed by atoms with Crippen molar-refractivity contribution in [1.29, 1.82) is 0 Å². The Morgan fingerprint density at radius 1 is 1.29 bits per heavy atom. The van der Waals surface area contributed by atoms with Gasteiger partial charge in [-0.2, -0.15) is 0 Å². The summed E-state index contributed by atoms with van der Waals surface area (Å²) in [6.45, 7) is 9.00. The van der Waals surface area contributed by atoms with Crippen molar-refractivity contribution in [3.8, 4) is 0 Å². The summed E-state index contributed by atoms with van der Waals surface area (Å²) in [5, 5.41) is 9.49. The summed E-state index contributed by atoms with van der Waals surface area (Å²) in [6, 6.07) is 0. The zero-order chi connectivity index (χ0) is 11.6. The minimum atomic E-state index is -1.95. The van der Waals surface area contributed by atoms with Crippen molar-refractivity contribution in [1.82, 2.24) is 0 Å². The van der Waals surface area contributed by atoms with Crippen LogP contribution in [-0.4, -0.2) is 37.7 Å². The predicted molar refractivity (Wildman–Crippen MR) is 71.1 cm³/mol. The molecular formula is C11H26OSiSn. The van der Waals surface area contributed by atoms with E-state index in [9.17, 15) is 5.11 Å². The Balaban J connectivity index is 4.83. The summed E-state index contributed by atoms with van der Waals surface area (Å²) < 4.78 is 1.62. The molecule has 84 valence electrons. The molecule has 0 saturated carbocycles. The van der Waals surface area contributed by atoms with Gasteiger partial charge in [0.15, 0.2) is 0 Å². The third kappa shape index (κ3) is 7.07. The van der Waals surface area contributed by atoms with E-state index in [1.54, 1.807) is 3.59 Å². The summed E-state index contributed by atoms with van der Waals surface area (Å²) in [6.07, 6.45) is 0.734. The molecule has 3 heteroatoms. The molecule has 0 aromatic rings. The van der Waals surface area contributed by atoms with Crippen molar-refractivity contribution in [2.45, 2.75) is 53.9 Å². The fraction of sp³-hybridized carbons (Fsp3) is 0.818. The van der Waals surface area contributed by atoms with Crippen LogP contribution in [0.5, 0.6) is 0 Å². The standard InChI is InChI=1S/C8H17OSi.3CH3.Sn/c1-8(9)6-5-7-10(2,3)4;;;;/h7-9H,6H2,1-4H3;3*1H3;. The van der Waals surface area contributed by atoms with Gasteiger partial charge in [-0.05, 0) is 0 Å². The zero-order valence-electron chi connectivity index (χ0n) is 10.8. The number of aliphatic hydroxyl groups excluding tert-OH is 1. The summed E-state index contributed by atoms with van der Waals surface area (Å²) in [7, 11) is -1.12. The molecule has 0 rings (SSSR count). The van der Waals surface area contributed by atoms with Gasteiger partial charge in [-0.3, -0.25) is 0 Å². The number of hydrogen-bond acceptors (Lipinski definition) is 1. The second-order valence-electron chi connectivity index (χ2n) is 6.34. The van der Waals surface area contributed by atoms with Crippen LogP contribution in [0.1, 0.15) is 13.3 Å². The molecular weight excluding hydrogens is 295 g/mol. The van der Waals surface area contributed by atoms with Gasteiger partial charge in [0.25, 0.3) is 0 Å². The molecule has 0 heterocycles. The first-order chi connectivity index (χ1) is 6.02. The number of hydrogen-bond donors (Lipinski definition) is 1.